The highest BCUT2D eigenvalue weighted by Gasteiger charge is 2.34. The van der Waals surface area contributed by atoms with Gasteiger partial charge in [0.1, 0.15) is 0 Å². The Balaban J connectivity index is 2.01. The molecule has 0 aromatic carbocycles. The Morgan fingerprint density at radius 2 is 1.89 bits per heavy atom. The lowest BCUT2D eigenvalue weighted by molar-refractivity contribution is 0.0751. The zero-order valence-corrected chi connectivity index (χ0v) is 13.0. The molecule has 0 amide bonds. The number of thioether (sulfide) groups is 1. The molecular weight excluding hydrogens is 242 g/mol. The van der Waals surface area contributed by atoms with Crippen molar-refractivity contribution in [1.29, 1.82) is 0 Å². The van der Waals surface area contributed by atoms with Gasteiger partial charge in [-0.15, -0.1) is 0 Å². The van der Waals surface area contributed by atoms with Crippen molar-refractivity contribution in [3.05, 3.63) is 0 Å². The van der Waals surface area contributed by atoms with Crippen molar-refractivity contribution in [3.8, 4) is 0 Å². The first-order valence-corrected chi connectivity index (χ1v) is 8.36. The summed E-state index contributed by atoms with van der Waals surface area (Å²) in [6.45, 7) is 9.14. The van der Waals surface area contributed by atoms with E-state index in [1.54, 1.807) is 0 Å². The molecule has 104 valence electrons. The van der Waals surface area contributed by atoms with Crippen molar-refractivity contribution < 1.29 is 0 Å². The predicted octanol–water partition coefficient (Wildman–Crippen LogP) is 3.42. The van der Waals surface area contributed by atoms with Gasteiger partial charge in [-0.05, 0) is 39.5 Å². The molecule has 0 saturated carbocycles. The van der Waals surface area contributed by atoms with Gasteiger partial charge in [-0.2, -0.15) is 0 Å². The molecule has 2 heterocycles. The van der Waals surface area contributed by atoms with Gasteiger partial charge in [0.15, 0.2) is 5.17 Å². The average Bonchev–Trinajstić information content (AvgIpc) is 2.78. The zero-order chi connectivity index (χ0) is 13.2. The number of hydrazine groups is 1. The maximum absolute atomic E-state index is 4.95. The number of nitrogens with one attached hydrogen (secondary N) is 1. The zero-order valence-electron chi connectivity index (χ0n) is 12.2. The highest BCUT2D eigenvalue weighted by molar-refractivity contribution is 8.14. The number of hydrogen-bond acceptors (Lipinski definition) is 4. The predicted molar refractivity (Wildman–Crippen MR) is 81.0 cm³/mol. The van der Waals surface area contributed by atoms with Gasteiger partial charge in [0.25, 0.3) is 0 Å². The van der Waals surface area contributed by atoms with Crippen molar-refractivity contribution in [2.24, 2.45) is 4.99 Å². The van der Waals surface area contributed by atoms with E-state index in [2.05, 4.69) is 38.1 Å². The van der Waals surface area contributed by atoms with E-state index in [0.29, 0.717) is 12.1 Å². The third-order valence-electron chi connectivity index (χ3n) is 4.55. The number of aliphatic imine (C=N–C) groups is 1. The summed E-state index contributed by atoms with van der Waals surface area (Å²) < 4.78 is 0. The van der Waals surface area contributed by atoms with Crippen LogP contribution >= 0.6 is 11.8 Å². The molecule has 0 bridgehead atoms. The van der Waals surface area contributed by atoms with E-state index >= 15 is 0 Å². The maximum Gasteiger partial charge on any atom is 0.171 e. The number of rotatable bonds is 3. The van der Waals surface area contributed by atoms with Crippen LogP contribution in [0, 0.1) is 0 Å². The van der Waals surface area contributed by atoms with E-state index in [-0.39, 0.29) is 5.54 Å². The fraction of sp³-hybridized carbons (Fsp3) is 0.929. The minimum absolute atomic E-state index is 0.190. The molecular formula is C14H27N3S. The Morgan fingerprint density at radius 3 is 2.39 bits per heavy atom. The quantitative estimate of drug-likeness (QED) is 0.851. The topological polar surface area (TPSA) is 27.6 Å². The lowest BCUT2D eigenvalue weighted by Crippen LogP contribution is -2.53. The van der Waals surface area contributed by atoms with Crippen LogP contribution in [0.5, 0.6) is 0 Å². The molecule has 1 fully saturated rings. The summed E-state index contributed by atoms with van der Waals surface area (Å²) in [5.41, 5.74) is 3.78. The van der Waals surface area contributed by atoms with E-state index in [1.165, 1.54) is 19.3 Å². The third-order valence-corrected chi connectivity index (χ3v) is 5.69. The summed E-state index contributed by atoms with van der Waals surface area (Å²) in [7, 11) is 0. The molecule has 4 heteroatoms. The molecule has 2 rings (SSSR count). The maximum atomic E-state index is 4.95. The fourth-order valence-electron chi connectivity index (χ4n) is 2.90. The van der Waals surface area contributed by atoms with Crippen LogP contribution in [-0.2, 0) is 0 Å². The number of amidine groups is 1. The lowest BCUT2D eigenvalue weighted by atomic mass is 9.97. The molecule has 18 heavy (non-hydrogen) atoms. The molecule has 2 aliphatic heterocycles. The molecule has 2 aliphatic rings. The van der Waals surface area contributed by atoms with Gasteiger partial charge in [0.2, 0.25) is 0 Å². The van der Waals surface area contributed by atoms with Crippen molar-refractivity contribution in [3.63, 3.8) is 0 Å². The van der Waals surface area contributed by atoms with Gasteiger partial charge in [0.05, 0.1) is 5.54 Å². The van der Waals surface area contributed by atoms with Gasteiger partial charge < -0.3 is 0 Å². The smallest absolute Gasteiger partial charge is 0.171 e. The largest absolute Gasteiger partial charge is 0.297 e. The van der Waals surface area contributed by atoms with Crippen molar-refractivity contribution >= 4 is 16.9 Å². The summed E-state index contributed by atoms with van der Waals surface area (Å²) in [6, 6.07) is 1.24. The molecule has 1 saturated heterocycles. The fourth-order valence-corrected chi connectivity index (χ4v) is 4.21. The van der Waals surface area contributed by atoms with Crippen molar-refractivity contribution in [2.45, 2.75) is 77.4 Å². The molecule has 2 atom stereocenters. The summed E-state index contributed by atoms with van der Waals surface area (Å²) in [5, 5.41) is 3.55. The lowest BCUT2D eigenvalue weighted by Gasteiger charge is -2.39. The first kappa shape index (κ1) is 14.2. The van der Waals surface area contributed by atoms with E-state index < -0.39 is 0 Å². The number of piperidine rings is 1. The Bertz CT molecular complexity index is 302. The van der Waals surface area contributed by atoms with Crippen LogP contribution in [0.1, 0.15) is 59.8 Å². The molecule has 0 spiro atoms. The number of hydrogen-bond donors (Lipinski definition) is 1. The molecule has 2 unspecified atom stereocenters. The van der Waals surface area contributed by atoms with Crippen LogP contribution < -0.4 is 5.43 Å². The van der Waals surface area contributed by atoms with Crippen LogP contribution in [0.15, 0.2) is 4.99 Å². The SMILES string of the molecule is CCC1(CC)CSC(NN2C(C)CCCC2C)=N1. The minimum atomic E-state index is 0.190. The van der Waals surface area contributed by atoms with Gasteiger partial charge in [0, 0.05) is 17.8 Å². The van der Waals surface area contributed by atoms with E-state index in [0.717, 1.165) is 23.8 Å². The molecule has 0 aromatic heterocycles. The Labute approximate surface area is 116 Å². The second-order valence-electron chi connectivity index (χ2n) is 5.79. The highest BCUT2D eigenvalue weighted by Crippen LogP contribution is 2.33. The van der Waals surface area contributed by atoms with Crippen molar-refractivity contribution in [1.82, 2.24) is 10.4 Å². The third kappa shape index (κ3) is 2.85. The normalized spacial score (nSPS) is 32.3. The molecule has 1 N–H and O–H groups in total. The van der Waals surface area contributed by atoms with Crippen LogP contribution in [-0.4, -0.2) is 33.6 Å². The summed E-state index contributed by atoms with van der Waals surface area (Å²) in [5.74, 6) is 1.14. The molecule has 0 aliphatic carbocycles. The van der Waals surface area contributed by atoms with Gasteiger partial charge in [-0.25, -0.2) is 5.01 Å². The molecule has 3 nitrogen and oxygen atoms in total. The Hall–Kier alpha value is -0.220. The summed E-state index contributed by atoms with van der Waals surface area (Å²) >= 11 is 1.89. The van der Waals surface area contributed by atoms with Gasteiger partial charge in [-0.1, -0.05) is 32.0 Å². The van der Waals surface area contributed by atoms with Gasteiger partial charge in [-0.3, -0.25) is 10.4 Å². The monoisotopic (exact) mass is 269 g/mol. The minimum Gasteiger partial charge on any atom is -0.297 e. The molecule has 0 radical (unpaired) electrons. The second kappa shape index (κ2) is 5.83. The summed E-state index contributed by atoms with van der Waals surface area (Å²) in [4.78, 5) is 4.95. The van der Waals surface area contributed by atoms with Crippen LogP contribution in [0.3, 0.4) is 0 Å². The van der Waals surface area contributed by atoms with Crippen LogP contribution in [0.2, 0.25) is 0 Å². The summed E-state index contributed by atoms with van der Waals surface area (Å²) in [6.07, 6.45) is 6.23. The van der Waals surface area contributed by atoms with E-state index in [4.69, 9.17) is 4.99 Å². The van der Waals surface area contributed by atoms with E-state index in [1.807, 2.05) is 11.8 Å². The van der Waals surface area contributed by atoms with Crippen LogP contribution in [0.25, 0.3) is 0 Å². The van der Waals surface area contributed by atoms with E-state index in [9.17, 15) is 0 Å². The Kier molecular flexibility index (Phi) is 4.59. The molecule has 0 aromatic rings. The van der Waals surface area contributed by atoms with Crippen LogP contribution in [0.4, 0.5) is 0 Å². The first-order chi connectivity index (χ1) is 8.60. The number of nitrogens with zero attached hydrogens (tertiary/aromatic N) is 2. The van der Waals surface area contributed by atoms with Crippen molar-refractivity contribution in [2.75, 3.05) is 5.75 Å². The second-order valence-corrected chi connectivity index (χ2v) is 6.75. The first-order valence-electron chi connectivity index (χ1n) is 7.38. The highest BCUT2D eigenvalue weighted by atomic mass is 32.2. The standard InChI is InChI=1S/C14H27N3S/c1-5-14(6-2)10-18-13(15-14)16-17-11(3)8-7-9-12(17)4/h11-12H,5-10H2,1-4H3,(H,15,16). The van der Waals surface area contributed by atoms with Gasteiger partial charge >= 0.3 is 0 Å². The Morgan fingerprint density at radius 1 is 1.28 bits per heavy atom. The average molecular weight is 269 g/mol.